The van der Waals surface area contributed by atoms with Gasteiger partial charge < -0.3 is 19.7 Å². The largest absolute Gasteiger partial charge is 0.493 e. The predicted molar refractivity (Wildman–Crippen MR) is 88.5 cm³/mol. The smallest absolute Gasteiger partial charge is 0.317 e. The van der Waals surface area contributed by atoms with Crippen LogP contribution in [0.2, 0.25) is 0 Å². The van der Waals surface area contributed by atoms with E-state index < -0.39 is 0 Å². The topological polar surface area (TPSA) is 50.8 Å². The Labute approximate surface area is 133 Å². The van der Waals surface area contributed by atoms with Crippen molar-refractivity contribution in [3.8, 4) is 11.5 Å². The summed E-state index contributed by atoms with van der Waals surface area (Å²) in [6.45, 7) is 9.36. The van der Waals surface area contributed by atoms with E-state index in [0.717, 1.165) is 5.56 Å². The number of hydrogen-bond acceptors (Lipinski definition) is 3. The highest BCUT2D eigenvalue weighted by Crippen LogP contribution is 2.28. The number of amides is 2. The molecule has 0 aromatic heterocycles. The van der Waals surface area contributed by atoms with Crippen molar-refractivity contribution in [2.45, 2.75) is 40.3 Å². The quantitative estimate of drug-likeness (QED) is 0.841. The molecule has 1 aromatic carbocycles. The van der Waals surface area contributed by atoms with Gasteiger partial charge in [-0.25, -0.2) is 4.79 Å². The molecule has 22 heavy (non-hydrogen) atoms. The first-order chi connectivity index (χ1) is 10.4. The molecule has 0 aliphatic carbocycles. The molecule has 5 heteroatoms. The van der Waals surface area contributed by atoms with Crippen LogP contribution in [0.25, 0.3) is 0 Å². The van der Waals surface area contributed by atoms with E-state index in [1.807, 2.05) is 32.0 Å². The lowest BCUT2D eigenvalue weighted by Crippen LogP contribution is -2.45. The van der Waals surface area contributed by atoms with Gasteiger partial charge in [0.05, 0.1) is 14.2 Å². The third-order valence-electron chi connectivity index (χ3n) is 3.84. The fraction of sp³-hybridized carbons (Fsp3) is 0.588. The summed E-state index contributed by atoms with van der Waals surface area (Å²) >= 11 is 0. The molecular formula is C17H28N2O3. The maximum atomic E-state index is 12.3. The summed E-state index contributed by atoms with van der Waals surface area (Å²) in [5, 5.41) is 3.03. The van der Waals surface area contributed by atoms with Crippen molar-refractivity contribution in [2.75, 3.05) is 20.8 Å². The van der Waals surface area contributed by atoms with Crippen LogP contribution in [0.4, 0.5) is 4.79 Å². The number of urea groups is 1. The first-order valence-electron chi connectivity index (χ1n) is 7.69. The summed E-state index contributed by atoms with van der Waals surface area (Å²) in [6.07, 6.45) is 0. The van der Waals surface area contributed by atoms with Crippen LogP contribution < -0.4 is 14.8 Å². The van der Waals surface area contributed by atoms with Gasteiger partial charge >= 0.3 is 6.03 Å². The van der Waals surface area contributed by atoms with Crippen molar-refractivity contribution < 1.29 is 14.3 Å². The molecule has 1 N–H and O–H groups in total. The number of hydrogen-bond donors (Lipinski definition) is 1. The second-order valence-electron chi connectivity index (χ2n) is 5.69. The molecule has 0 aliphatic rings. The summed E-state index contributed by atoms with van der Waals surface area (Å²) < 4.78 is 10.5. The van der Waals surface area contributed by atoms with Gasteiger partial charge in [0.25, 0.3) is 0 Å². The molecule has 0 heterocycles. The molecule has 1 rings (SSSR count). The van der Waals surface area contributed by atoms with Gasteiger partial charge in [-0.3, -0.25) is 0 Å². The second kappa shape index (κ2) is 8.51. The summed E-state index contributed by atoms with van der Waals surface area (Å²) in [5.74, 6) is 1.77. The van der Waals surface area contributed by atoms with Crippen LogP contribution in [-0.4, -0.2) is 37.7 Å². The van der Waals surface area contributed by atoms with Crippen LogP contribution >= 0.6 is 0 Å². The normalized spacial score (nSPS) is 12.0. The number of ether oxygens (including phenoxy) is 2. The molecule has 2 amide bonds. The molecule has 1 aromatic rings. The Bertz CT molecular complexity index is 489. The van der Waals surface area contributed by atoms with E-state index in [4.69, 9.17) is 9.47 Å². The van der Waals surface area contributed by atoms with Crippen molar-refractivity contribution in [3.05, 3.63) is 23.8 Å². The van der Waals surface area contributed by atoms with Crippen molar-refractivity contribution in [1.82, 2.24) is 10.2 Å². The Morgan fingerprint density at radius 2 is 1.82 bits per heavy atom. The van der Waals surface area contributed by atoms with Gasteiger partial charge in [0.2, 0.25) is 0 Å². The highest BCUT2D eigenvalue weighted by Gasteiger charge is 2.17. The van der Waals surface area contributed by atoms with Crippen LogP contribution in [0.5, 0.6) is 11.5 Å². The van der Waals surface area contributed by atoms with Gasteiger partial charge in [0.1, 0.15) is 0 Å². The molecule has 0 spiro atoms. The molecule has 0 aliphatic heterocycles. The van der Waals surface area contributed by atoms with Crippen LogP contribution in [0.15, 0.2) is 18.2 Å². The molecule has 0 saturated heterocycles. The van der Waals surface area contributed by atoms with Crippen LogP contribution in [0.3, 0.4) is 0 Å². The van der Waals surface area contributed by atoms with Crippen LogP contribution in [-0.2, 0) is 6.54 Å². The SMILES string of the molecule is CCN(Cc1ccc(OC)c(OC)c1)C(=O)NC(C)C(C)C. The Morgan fingerprint density at radius 1 is 1.18 bits per heavy atom. The zero-order chi connectivity index (χ0) is 16.7. The minimum atomic E-state index is -0.0431. The lowest BCUT2D eigenvalue weighted by Gasteiger charge is -2.26. The third kappa shape index (κ3) is 4.83. The average Bonchev–Trinajstić information content (AvgIpc) is 2.51. The Kier molecular flexibility index (Phi) is 7.02. The number of nitrogens with one attached hydrogen (secondary N) is 1. The van der Waals surface area contributed by atoms with Gasteiger partial charge in [0, 0.05) is 19.1 Å². The highest BCUT2D eigenvalue weighted by atomic mass is 16.5. The third-order valence-corrected chi connectivity index (χ3v) is 3.84. The van der Waals surface area contributed by atoms with Crippen molar-refractivity contribution in [2.24, 2.45) is 5.92 Å². The zero-order valence-electron chi connectivity index (χ0n) is 14.5. The Balaban J connectivity index is 2.79. The maximum absolute atomic E-state index is 12.3. The van der Waals surface area contributed by atoms with Gasteiger partial charge in [-0.2, -0.15) is 0 Å². The van der Waals surface area contributed by atoms with Gasteiger partial charge in [0.15, 0.2) is 11.5 Å². The van der Waals surface area contributed by atoms with Gasteiger partial charge in [-0.15, -0.1) is 0 Å². The van der Waals surface area contributed by atoms with E-state index >= 15 is 0 Å². The fourth-order valence-corrected chi connectivity index (χ4v) is 1.98. The second-order valence-corrected chi connectivity index (χ2v) is 5.69. The predicted octanol–water partition coefficient (Wildman–Crippen LogP) is 3.28. The number of benzene rings is 1. The monoisotopic (exact) mass is 308 g/mol. The number of nitrogens with zero attached hydrogens (tertiary/aromatic N) is 1. The number of rotatable bonds is 7. The Morgan fingerprint density at radius 3 is 2.32 bits per heavy atom. The molecule has 0 fully saturated rings. The standard InChI is InChI=1S/C17H28N2O3/c1-7-19(17(20)18-13(4)12(2)3)11-14-8-9-15(21-5)16(10-14)22-6/h8-10,12-13H,7,11H2,1-6H3,(H,18,20). The maximum Gasteiger partial charge on any atom is 0.317 e. The molecule has 0 saturated carbocycles. The van der Waals surface area contributed by atoms with Crippen molar-refractivity contribution in [1.29, 1.82) is 0 Å². The fourth-order valence-electron chi connectivity index (χ4n) is 1.98. The number of carbonyl (C=O) groups is 1. The molecule has 0 bridgehead atoms. The van der Waals surface area contributed by atoms with Crippen LogP contribution in [0, 0.1) is 5.92 Å². The minimum absolute atomic E-state index is 0.0431. The molecule has 1 unspecified atom stereocenters. The van der Waals surface area contributed by atoms with Crippen molar-refractivity contribution in [3.63, 3.8) is 0 Å². The lowest BCUT2D eigenvalue weighted by molar-refractivity contribution is 0.191. The summed E-state index contributed by atoms with van der Waals surface area (Å²) in [4.78, 5) is 14.1. The molecule has 0 radical (unpaired) electrons. The molecule has 5 nitrogen and oxygen atoms in total. The van der Waals surface area contributed by atoms with Gasteiger partial charge in [-0.05, 0) is 37.5 Å². The van der Waals surface area contributed by atoms with E-state index in [2.05, 4.69) is 19.2 Å². The van der Waals surface area contributed by atoms with E-state index in [9.17, 15) is 4.79 Å². The molecule has 1 atom stereocenters. The van der Waals surface area contributed by atoms with Crippen molar-refractivity contribution >= 4 is 6.03 Å². The summed E-state index contributed by atoms with van der Waals surface area (Å²) in [5.41, 5.74) is 1.01. The zero-order valence-corrected chi connectivity index (χ0v) is 14.5. The first-order valence-corrected chi connectivity index (χ1v) is 7.69. The van der Waals surface area contributed by atoms with E-state index in [-0.39, 0.29) is 12.1 Å². The molecular weight excluding hydrogens is 280 g/mol. The first kappa shape index (κ1) is 18.1. The van der Waals surface area contributed by atoms with Gasteiger partial charge in [-0.1, -0.05) is 19.9 Å². The minimum Gasteiger partial charge on any atom is -0.493 e. The molecule has 124 valence electrons. The number of methoxy groups -OCH3 is 2. The van der Waals surface area contributed by atoms with E-state index in [0.29, 0.717) is 30.5 Å². The van der Waals surface area contributed by atoms with Crippen LogP contribution in [0.1, 0.15) is 33.3 Å². The Hall–Kier alpha value is -1.91. The summed E-state index contributed by atoms with van der Waals surface area (Å²) in [7, 11) is 3.22. The number of carbonyl (C=O) groups excluding carboxylic acids is 1. The average molecular weight is 308 g/mol. The van der Waals surface area contributed by atoms with E-state index in [1.165, 1.54) is 0 Å². The van der Waals surface area contributed by atoms with E-state index in [1.54, 1.807) is 19.1 Å². The highest BCUT2D eigenvalue weighted by molar-refractivity contribution is 5.74. The lowest BCUT2D eigenvalue weighted by atomic mass is 10.1. The summed E-state index contributed by atoms with van der Waals surface area (Å²) in [6, 6.07) is 5.81.